The van der Waals surface area contributed by atoms with E-state index >= 15 is 0 Å². The summed E-state index contributed by atoms with van der Waals surface area (Å²) < 4.78 is 4.80. The highest BCUT2D eigenvalue weighted by Crippen LogP contribution is 2.17. The predicted molar refractivity (Wildman–Crippen MR) is 64.8 cm³/mol. The van der Waals surface area contributed by atoms with Gasteiger partial charge in [-0.15, -0.1) is 0 Å². The number of halogens is 1. The number of nitrogens with zero attached hydrogens (tertiary/aromatic N) is 2. The van der Waals surface area contributed by atoms with Crippen LogP contribution in [-0.4, -0.2) is 42.7 Å². The van der Waals surface area contributed by atoms with E-state index in [4.69, 9.17) is 22.1 Å². The molecule has 0 saturated carbocycles. The summed E-state index contributed by atoms with van der Waals surface area (Å²) in [6, 6.07) is 0. The molecule has 1 aromatic rings. The quantitative estimate of drug-likeness (QED) is 0.616. The molecular formula is C9H14ClN5O2. The number of methoxy groups -OCH3 is 1. The van der Waals surface area contributed by atoms with Gasteiger partial charge in [-0.2, -0.15) is 4.98 Å². The molecule has 0 bridgehead atoms. The van der Waals surface area contributed by atoms with Crippen LogP contribution in [0.4, 0.5) is 11.8 Å². The van der Waals surface area contributed by atoms with Crippen molar-refractivity contribution < 1.29 is 9.53 Å². The fourth-order valence-electron chi connectivity index (χ4n) is 1.02. The van der Waals surface area contributed by atoms with Crippen molar-refractivity contribution in [2.75, 3.05) is 37.9 Å². The minimum absolute atomic E-state index is 0.0554. The number of rotatable bonds is 6. The zero-order chi connectivity index (χ0) is 12.7. The largest absolute Gasteiger partial charge is 0.383 e. The zero-order valence-electron chi connectivity index (χ0n) is 9.36. The Morgan fingerprint density at radius 1 is 1.65 bits per heavy atom. The molecular weight excluding hydrogens is 246 g/mol. The lowest BCUT2D eigenvalue weighted by Gasteiger charge is -2.08. The molecule has 4 N–H and O–H groups in total. The number of nitrogens with two attached hydrogens (primary N) is 1. The Kier molecular flexibility index (Phi) is 5.44. The Balaban J connectivity index is 2.39. The van der Waals surface area contributed by atoms with Gasteiger partial charge in [0.2, 0.25) is 11.9 Å². The Bertz CT molecular complexity index is 388. The summed E-state index contributed by atoms with van der Waals surface area (Å²) in [5.74, 6) is 0.244. The highest BCUT2D eigenvalue weighted by molar-refractivity contribution is 6.32. The molecule has 1 heterocycles. The lowest BCUT2D eigenvalue weighted by molar-refractivity contribution is -0.119. The zero-order valence-corrected chi connectivity index (χ0v) is 10.1. The maximum absolute atomic E-state index is 11.3. The van der Waals surface area contributed by atoms with Crippen LogP contribution >= 0.6 is 11.6 Å². The van der Waals surface area contributed by atoms with E-state index in [1.165, 1.54) is 6.20 Å². The summed E-state index contributed by atoms with van der Waals surface area (Å²) in [6.07, 6.45) is 1.37. The van der Waals surface area contributed by atoms with Crippen LogP contribution in [0.25, 0.3) is 0 Å². The minimum Gasteiger partial charge on any atom is -0.383 e. The third kappa shape index (κ3) is 4.83. The fourth-order valence-corrected chi connectivity index (χ4v) is 1.18. The van der Waals surface area contributed by atoms with Gasteiger partial charge >= 0.3 is 0 Å². The number of carbonyl (C=O) groups excluding carboxylic acids is 1. The van der Waals surface area contributed by atoms with E-state index in [1.807, 2.05) is 0 Å². The fraction of sp³-hybridized carbons (Fsp3) is 0.444. The predicted octanol–water partition coefficient (Wildman–Crippen LogP) is -0.113. The van der Waals surface area contributed by atoms with Crippen molar-refractivity contribution >= 4 is 29.3 Å². The van der Waals surface area contributed by atoms with Crippen molar-refractivity contribution in [2.24, 2.45) is 0 Å². The minimum atomic E-state index is -0.185. The van der Waals surface area contributed by atoms with Gasteiger partial charge in [0, 0.05) is 13.7 Å². The molecule has 0 aliphatic carbocycles. The lowest BCUT2D eigenvalue weighted by atomic mass is 10.5. The molecule has 17 heavy (non-hydrogen) atoms. The normalized spacial score (nSPS) is 10.0. The number of nitrogens with one attached hydrogen (secondary N) is 2. The molecule has 0 aromatic carbocycles. The van der Waals surface area contributed by atoms with Crippen molar-refractivity contribution in [3.05, 3.63) is 11.2 Å². The Hall–Kier alpha value is -1.60. The molecule has 0 aliphatic rings. The van der Waals surface area contributed by atoms with Crippen LogP contribution in [0.15, 0.2) is 6.20 Å². The topological polar surface area (TPSA) is 102 Å². The maximum Gasteiger partial charge on any atom is 0.239 e. The summed E-state index contributed by atoms with van der Waals surface area (Å²) in [5, 5.41) is 5.72. The van der Waals surface area contributed by atoms with Gasteiger partial charge in [-0.05, 0) is 0 Å². The van der Waals surface area contributed by atoms with Gasteiger partial charge in [0.15, 0.2) is 5.82 Å². The van der Waals surface area contributed by atoms with Crippen LogP contribution in [0, 0.1) is 0 Å². The van der Waals surface area contributed by atoms with Crippen molar-refractivity contribution in [3.8, 4) is 0 Å². The number of ether oxygens (including phenoxy) is 1. The van der Waals surface area contributed by atoms with Gasteiger partial charge in [0.05, 0.1) is 19.3 Å². The van der Waals surface area contributed by atoms with E-state index in [-0.39, 0.29) is 18.4 Å². The van der Waals surface area contributed by atoms with Gasteiger partial charge in [-0.25, -0.2) is 4.98 Å². The number of amides is 1. The highest BCUT2D eigenvalue weighted by Gasteiger charge is 2.05. The second-order valence-electron chi connectivity index (χ2n) is 3.12. The van der Waals surface area contributed by atoms with Crippen molar-refractivity contribution in [2.45, 2.75) is 0 Å². The molecule has 1 aromatic heterocycles. The number of aromatic nitrogens is 2. The first-order chi connectivity index (χ1) is 8.13. The molecule has 0 fully saturated rings. The molecule has 7 nitrogen and oxygen atoms in total. The molecule has 0 spiro atoms. The Labute approximate surface area is 104 Å². The van der Waals surface area contributed by atoms with Gasteiger partial charge in [0.1, 0.15) is 5.02 Å². The van der Waals surface area contributed by atoms with Crippen LogP contribution in [0.1, 0.15) is 0 Å². The number of hydrogen-bond acceptors (Lipinski definition) is 6. The first kappa shape index (κ1) is 13.5. The number of anilines is 2. The summed E-state index contributed by atoms with van der Waals surface area (Å²) in [5.41, 5.74) is 5.39. The summed E-state index contributed by atoms with van der Waals surface area (Å²) in [6.45, 7) is 0.976. The summed E-state index contributed by atoms with van der Waals surface area (Å²) >= 11 is 5.81. The first-order valence-electron chi connectivity index (χ1n) is 4.91. The van der Waals surface area contributed by atoms with Crippen LogP contribution < -0.4 is 16.4 Å². The number of nitrogen functional groups attached to an aromatic ring is 1. The van der Waals surface area contributed by atoms with Crippen LogP contribution in [0.5, 0.6) is 0 Å². The average Bonchev–Trinajstić information content (AvgIpc) is 2.31. The van der Waals surface area contributed by atoms with Gasteiger partial charge in [-0.1, -0.05) is 11.6 Å². The van der Waals surface area contributed by atoms with E-state index in [9.17, 15) is 4.79 Å². The van der Waals surface area contributed by atoms with Gasteiger partial charge < -0.3 is 21.1 Å². The SMILES string of the molecule is COCCNC(=O)CNc1nc(N)ncc1Cl. The molecule has 1 rings (SSSR count). The van der Waals surface area contributed by atoms with E-state index in [1.54, 1.807) is 7.11 Å². The first-order valence-corrected chi connectivity index (χ1v) is 5.29. The second kappa shape index (κ2) is 6.87. The van der Waals surface area contributed by atoms with E-state index in [0.717, 1.165) is 0 Å². The van der Waals surface area contributed by atoms with Crippen LogP contribution in [0.3, 0.4) is 0 Å². The monoisotopic (exact) mass is 259 g/mol. The number of carbonyl (C=O) groups is 1. The van der Waals surface area contributed by atoms with Crippen molar-refractivity contribution in [3.63, 3.8) is 0 Å². The second-order valence-corrected chi connectivity index (χ2v) is 3.53. The van der Waals surface area contributed by atoms with Crippen LogP contribution in [-0.2, 0) is 9.53 Å². The molecule has 8 heteroatoms. The van der Waals surface area contributed by atoms with Crippen molar-refractivity contribution in [1.82, 2.24) is 15.3 Å². The van der Waals surface area contributed by atoms with E-state index in [0.29, 0.717) is 24.0 Å². The number of hydrogen-bond donors (Lipinski definition) is 3. The average molecular weight is 260 g/mol. The Morgan fingerprint density at radius 3 is 3.12 bits per heavy atom. The summed E-state index contributed by atoms with van der Waals surface area (Å²) in [4.78, 5) is 18.9. The lowest BCUT2D eigenvalue weighted by Crippen LogP contribution is -2.32. The van der Waals surface area contributed by atoms with Gasteiger partial charge in [0.25, 0.3) is 0 Å². The molecule has 0 unspecified atom stereocenters. The molecule has 0 aliphatic heterocycles. The molecule has 0 atom stereocenters. The summed E-state index contributed by atoms with van der Waals surface area (Å²) in [7, 11) is 1.56. The van der Waals surface area contributed by atoms with E-state index < -0.39 is 0 Å². The van der Waals surface area contributed by atoms with Crippen molar-refractivity contribution in [1.29, 1.82) is 0 Å². The highest BCUT2D eigenvalue weighted by atomic mass is 35.5. The molecule has 1 amide bonds. The molecule has 0 saturated heterocycles. The third-order valence-electron chi connectivity index (χ3n) is 1.81. The Morgan fingerprint density at radius 2 is 2.41 bits per heavy atom. The van der Waals surface area contributed by atoms with Crippen LogP contribution in [0.2, 0.25) is 5.02 Å². The maximum atomic E-state index is 11.3. The molecule has 0 radical (unpaired) electrons. The van der Waals surface area contributed by atoms with Gasteiger partial charge in [-0.3, -0.25) is 4.79 Å². The smallest absolute Gasteiger partial charge is 0.239 e. The third-order valence-corrected chi connectivity index (χ3v) is 2.08. The van der Waals surface area contributed by atoms with E-state index in [2.05, 4.69) is 20.6 Å². The molecule has 94 valence electrons. The standard InChI is InChI=1S/C9H14ClN5O2/c1-17-3-2-12-7(16)5-13-8-6(10)4-14-9(11)15-8/h4H,2-3,5H2,1H3,(H,12,16)(H3,11,13,14,15).